The summed E-state index contributed by atoms with van der Waals surface area (Å²) in [5.41, 5.74) is 2.54. The number of likely N-dealkylation sites (N-methyl/N-ethyl adjacent to an activating group) is 1. The van der Waals surface area contributed by atoms with E-state index in [0.29, 0.717) is 33.8 Å². The second kappa shape index (κ2) is 9.12. The van der Waals surface area contributed by atoms with Gasteiger partial charge in [-0.2, -0.15) is 0 Å². The van der Waals surface area contributed by atoms with Gasteiger partial charge in [0.25, 0.3) is 0 Å². The van der Waals surface area contributed by atoms with Gasteiger partial charge in [-0.3, -0.25) is 9.69 Å². The first kappa shape index (κ1) is 20.4. The van der Waals surface area contributed by atoms with E-state index >= 15 is 0 Å². The Hall–Kier alpha value is -1.95. The molecule has 0 heterocycles. The lowest BCUT2D eigenvalue weighted by atomic mass is 10.1. The number of hydrogen-bond donors (Lipinski definition) is 1. The molecule has 0 fully saturated rings. The molecule has 0 radical (unpaired) electrons. The Morgan fingerprint density at radius 2 is 1.69 bits per heavy atom. The summed E-state index contributed by atoms with van der Waals surface area (Å²) in [6.45, 7) is 2.76. The molecule has 0 aliphatic heterocycles. The van der Waals surface area contributed by atoms with Crippen LogP contribution in [0.2, 0.25) is 10.0 Å². The number of benzene rings is 2. The standard InChI is InChI=1S/C19H22Cl2N2O3/c1-12-8-16(25-3)17(26-4)9-13(12)10-23(2)11-18(24)22-19-14(20)6-5-7-15(19)21/h5-9H,10-11H2,1-4H3,(H,22,24). The van der Waals surface area contributed by atoms with Crippen LogP contribution in [0, 0.1) is 6.92 Å². The highest BCUT2D eigenvalue weighted by molar-refractivity contribution is 6.39. The van der Waals surface area contributed by atoms with Gasteiger partial charge in [0.15, 0.2) is 11.5 Å². The van der Waals surface area contributed by atoms with Gasteiger partial charge >= 0.3 is 0 Å². The van der Waals surface area contributed by atoms with Gasteiger partial charge in [0.05, 0.1) is 36.5 Å². The molecule has 2 rings (SSSR count). The van der Waals surface area contributed by atoms with E-state index in [2.05, 4.69) is 5.32 Å². The van der Waals surface area contributed by atoms with Crippen molar-refractivity contribution < 1.29 is 14.3 Å². The number of aryl methyl sites for hydroxylation is 1. The van der Waals surface area contributed by atoms with Crippen molar-refractivity contribution >= 4 is 34.8 Å². The molecular formula is C19H22Cl2N2O3. The fourth-order valence-corrected chi connectivity index (χ4v) is 3.07. The van der Waals surface area contributed by atoms with E-state index in [-0.39, 0.29) is 12.5 Å². The third-order valence-corrected chi connectivity index (χ3v) is 4.55. The average molecular weight is 397 g/mol. The first-order valence-electron chi connectivity index (χ1n) is 7.99. The number of nitrogens with one attached hydrogen (secondary N) is 1. The number of ether oxygens (including phenoxy) is 2. The molecule has 0 aliphatic carbocycles. The predicted octanol–water partition coefficient (Wildman–Crippen LogP) is 4.39. The Labute approximate surface area is 163 Å². The Balaban J connectivity index is 2.04. The highest BCUT2D eigenvalue weighted by Gasteiger charge is 2.14. The van der Waals surface area contributed by atoms with Crippen molar-refractivity contribution in [1.29, 1.82) is 0 Å². The fraction of sp³-hybridized carbons (Fsp3) is 0.316. The van der Waals surface area contributed by atoms with Crippen molar-refractivity contribution in [3.8, 4) is 11.5 Å². The first-order chi connectivity index (χ1) is 12.3. The molecule has 2 aromatic carbocycles. The zero-order valence-electron chi connectivity index (χ0n) is 15.2. The molecular weight excluding hydrogens is 375 g/mol. The predicted molar refractivity (Wildman–Crippen MR) is 106 cm³/mol. The van der Waals surface area contributed by atoms with Crippen LogP contribution in [0.5, 0.6) is 11.5 Å². The number of nitrogens with zero attached hydrogens (tertiary/aromatic N) is 1. The molecule has 2 aromatic rings. The van der Waals surface area contributed by atoms with E-state index in [1.165, 1.54) is 0 Å². The number of rotatable bonds is 7. The van der Waals surface area contributed by atoms with Crippen LogP contribution in [0.3, 0.4) is 0 Å². The van der Waals surface area contributed by atoms with Crippen LogP contribution in [0.4, 0.5) is 5.69 Å². The number of para-hydroxylation sites is 1. The molecule has 0 bridgehead atoms. The van der Waals surface area contributed by atoms with Crippen LogP contribution in [0.1, 0.15) is 11.1 Å². The molecule has 140 valence electrons. The van der Waals surface area contributed by atoms with E-state index in [1.54, 1.807) is 32.4 Å². The first-order valence-corrected chi connectivity index (χ1v) is 8.75. The van der Waals surface area contributed by atoms with Crippen molar-refractivity contribution in [2.75, 3.05) is 33.1 Å². The average Bonchev–Trinajstić information content (AvgIpc) is 2.59. The van der Waals surface area contributed by atoms with E-state index in [0.717, 1.165) is 11.1 Å². The summed E-state index contributed by atoms with van der Waals surface area (Å²) in [4.78, 5) is 14.2. The smallest absolute Gasteiger partial charge is 0.238 e. The minimum atomic E-state index is -0.194. The molecule has 7 heteroatoms. The van der Waals surface area contributed by atoms with Gasteiger partial charge in [0.2, 0.25) is 5.91 Å². The van der Waals surface area contributed by atoms with Crippen LogP contribution >= 0.6 is 23.2 Å². The van der Waals surface area contributed by atoms with E-state index in [9.17, 15) is 4.79 Å². The number of carbonyl (C=O) groups is 1. The van der Waals surface area contributed by atoms with Crippen LogP contribution < -0.4 is 14.8 Å². The second-order valence-corrected chi connectivity index (χ2v) is 6.77. The lowest BCUT2D eigenvalue weighted by Crippen LogP contribution is -2.30. The van der Waals surface area contributed by atoms with Crippen LogP contribution in [0.25, 0.3) is 0 Å². The van der Waals surface area contributed by atoms with Crippen LogP contribution in [0.15, 0.2) is 30.3 Å². The van der Waals surface area contributed by atoms with Crippen LogP contribution in [-0.2, 0) is 11.3 Å². The molecule has 0 unspecified atom stereocenters. The number of amides is 1. The van der Waals surface area contributed by atoms with Crippen molar-refractivity contribution in [2.24, 2.45) is 0 Å². The van der Waals surface area contributed by atoms with E-state index in [1.807, 2.05) is 31.0 Å². The maximum absolute atomic E-state index is 12.3. The van der Waals surface area contributed by atoms with E-state index < -0.39 is 0 Å². The monoisotopic (exact) mass is 396 g/mol. The lowest BCUT2D eigenvalue weighted by Gasteiger charge is -2.19. The summed E-state index contributed by atoms with van der Waals surface area (Å²) < 4.78 is 10.7. The Bertz CT molecular complexity index is 776. The molecule has 26 heavy (non-hydrogen) atoms. The molecule has 0 aliphatic rings. The van der Waals surface area contributed by atoms with Gasteiger partial charge in [-0.1, -0.05) is 29.3 Å². The number of halogens is 2. The van der Waals surface area contributed by atoms with Gasteiger partial charge in [0, 0.05) is 6.54 Å². The molecule has 0 saturated heterocycles. The third-order valence-electron chi connectivity index (χ3n) is 3.92. The largest absolute Gasteiger partial charge is 0.493 e. The maximum Gasteiger partial charge on any atom is 0.238 e. The van der Waals surface area contributed by atoms with Crippen molar-refractivity contribution in [2.45, 2.75) is 13.5 Å². The number of hydrogen-bond acceptors (Lipinski definition) is 4. The molecule has 1 N–H and O–H groups in total. The quantitative estimate of drug-likeness (QED) is 0.753. The fourth-order valence-electron chi connectivity index (χ4n) is 2.58. The Morgan fingerprint density at radius 1 is 1.12 bits per heavy atom. The van der Waals surface area contributed by atoms with Gasteiger partial charge in [-0.05, 0) is 49.4 Å². The number of carbonyl (C=O) groups excluding carboxylic acids is 1. The lowest BCUT2D eigenvalue weighted by molar-refractivity contribution is -0.117. The number of methoxy groups -OCH3 is 2. The topological polar surface area (TPSA) is 50.8 Å². The Kier molecular flexibility index (Phi) is 7.14. The zero-order chi connectivity index (χ0) is 19.3. The Morgan fingerprint density at radius 3 is 2.27 bits per heavy atom. The molecule has 0 saturated carbocycles. The third kappa shape index (κ3) is 5.04. The summed E-state index contributed by atoms with van der Waals surface area (Å²) >= 11 is 12.2. The minimum absolute atomic E-state index is 0.190. The number of anilines is 1. The molecule has 0 atom stereocenters. The maximum atomic E-state index is 12.3. The highest BCUT2D eigenvalue weighted by Crippen LogP contribution is 2.31. The molecule has 0 spiro atoms. The van der Waals surface area contributed by atoms with Crippen molar-refractivity contribution in [1.82, 2.24) is 4.90 Å². The van der Waals surface area contributed by atoms with Crippen LogP contribution in [-0.4, -0.2) is 38.6 Å². The summed E-state index contributed by atoms with van der Waals surface area (Å²) in [7, 11) is 5.07. The highest BCUT2D eigenvalue weighted by atomic mass is 35.5. The van der Waals surface area contributed by atoms with Gasteiger partial charge in [0.1, 0.15) is 0 Å². The summed E-state index contributed by atoms with van der Waals surface area (Å²) in [6.07, 6.45) is 0. The summed E-state index contributed by atoms with van der Waals surface area (Å²) in [5.74, 6) is 1.15. The zero-order valence-corrected chi connectivity index (χ0v) is 16.7. The normalized spacial score (nSPS) is 10.7. The minimum Gasteiger partial charge on any atom is -0.493 e. The van der Waals surface area contributed by atoms with Gasteiger partial charge < -0.3 is 14.8 Å². The van der Waals surface area contributed by atoms with Crippen molar-refractivity contribution in [3.63, 3.8) is 0 Å². The summed E-state index contributed by atoms with van der Waals surface area (Å²) in [6, 6.07) is 8.94. The molecule has 0 aromatic heterocycles. The van der Waals surface area contributed by atoms with Gasteiger partial charge in [-0.25, -0.2) is 0 Å². The van der Waals surface area contributed by atoms with E-state index in [4.69, 9.17) is 32.7 Å². The second-order valence-electron chi connectivity index (χ2n) is 5.95. The SMILES string of the molecule is COc1cc(C)c(CN(C)CC(=O)Nc2c(Cl)cccc2Cl)cc1OC. The molecule has 5 nitrogen and oxygen atoms in total. The summed E-state index contributed by atoms with van der Waals surface area (Å²) in [5, 5.41) is 3.57. The van der Waals surface area contributed by atoms with Crippen molar-refractivity contribution in [3.05, 3.63) is 51.5 Å². The van der Waals surface area contributed by atoms with Gasteiger partial charge in [-0.15, -0.1) is 0 Å². The molecule has 1 amide bonds.